The normalized spacial score (nSPS) is 11.0. The summed E-state index contributed by atoms with van der Waals surface area (Å²) in [5.41, 5.74) is 1.53. The maximum absolute atomic E-state index is 12.3. The molecule has 1 N–H and O–H groups in total. The van der Waals surface area contributed by atoms with Crippen molar-refractivity contribution in [2.45, 2.75) is 6.54 Å². The number of nitrogens with one attached hydrogen (secondary N) is 1. The van der Waals surface area contributed by atoms with Gasteiger partial charge in [-0.2, -0.15) is 0 Å². The van der Waals surface area contributed by atoms with Gasteiger partial charge in [-0.05, 0) is 23.6 Å². The van der Waals surface area contributed by atoms with Crippen molar-refractivity contribution in [2.75, 3.05) is 5.32 Å². The smallest absolute Gasteiger partial charge is 0.262 e. The number of benzene rings is 1. The Morgan fingerprint density at radius 1 is 1.19 bits per heavy atom. The van der Waals surface area contributed by atoms with E-state index in [0.29, 0.717) is 15.3 Å². The third-order valence-corrected chi connectivity index (χ3v) is 5.76. The van der Waals surface area contributed by atoms with Crippen LogP contribution in [0.5, 0.6) is 0 Å². The van der Waals surface area contributed by atoms with E-state index in [1.807, 2.05) is 35.0 Å². The van der Waals surface area contributed by atoms with Gasteiger partial charge in [0.05, 0.1) is 17.4 Å². The number of rotatable bonds is 4. The van der Waals surface area contributed by atoms with Crippen molar-refractivity contribution in [3.63, 3.8) is 0 Å². The molecule has 0 saturated carbocycles. The quantitative estimate of drug-likeness (QED) is 0.514. The molecule has 0 aliphatic heterocycles. The molecule has 6 nitrogen and oxygen atoms in total. The summed E-state index contributed by atoms with van der Waals surface area (Å²) < 4.78 is 2.29. The molecule has 3 aromatic heterocycles. The minimum Gasteiger partial charge on any atom is -0.300 e. The Morgan fingerprint density at radius 2 is 2.00 bits per heavy atom. The van der Waals surface area contributed by atoms with Crippen molar-refractivity contribution in [2.24, 2.45) is 0 Å². The first-order chi connectivity index (χ1) is 12.6. The standard InChI is InChI=1S/C17H11BrN4O2S2/c18-11-3-1-10(2-4-11)13-8-26-17(20-13)21-14(23)7-22-9-19-15-12(16(22)24)5-6-25-15/h1-6,8-9H,7H2,(H,20,21,23). The lowest BCUT2D eigenvalue weighted by molar-refractivity contribution is -0.116. The minimum absolute atomic E-state index is 0.106. The van der Waals surface area contributed by atoms with E-state index < -0.39 is 0 Å². The van der Waals surface area contributed by atoms with Crippen LogP contribution in [0.2, 0.25) is 0 Å². The highest BCUT2D eigenvalue weighted by Crippen LogP contribution is 2.26. The highest BCUT2D eigenvalue weighted by atomic mass is 79.9. The lowest BCUT2D eigenvalue weighted by Crippen LogP contribution is -2.27. The van der Waals surface area contributed by atoms with Crippen LogP contribution in [0.1, 0.15) is 0 Å². The van der Waals surface area contributed by atoms with Crippen LogP contribution in [0.4, 0.5) is 5.13 Å². The molecule has 0 aliphatic carbocycles. The van der Waals surface area contributed by atoms with Crippen LogP contribution in [0.25, 0.3) is 21.5 Å². The van der Waals surface area contributed by atoms with Gasteiger partial charge in [0.2, 0.25) is 5.91 Å². The predicted octanol–water partition coefficient (Wildman–Crippen LogP) is 3.98. The first kappa shape index (κ1) is 17.1. The number of hydrogen-bond acceptors (Lipinski definition) is 6. The number of anilines is 1. The third kappa shape index (κ3) is 3.46. The number of aromatic nitrogens is 3. The highest BCUT2D eigenvalue weighted by molar-refractivity contribution is 9.10. The average molecular weight is 447 g/mol. The summed E-state index contributed by atoms with van der Waals surface area (Å²) in [4.78, 5) is 33.9. The van der Waals surface area contributed by atoms with Gasteiger partial charge in [0.15, 0.2) is 5.13 Å². The van der Waals surface area contributed by atoms with Crippen LogP contribution in [0.15, 0.2) is 56.7 Å². The molecular weight excluding hydrogens is 436 g/mol. The van der Waals surface area contributed by atoms with E-state index in [-0.39, 0.29) is 18.0 Å². The Balaban J connectivity index is 1.49. The molecule has 9 heteroatoms. The molecule has 4 rings (SSSR count). The molecule has 0 radical (unpaired) electrons. The summed E-state index contributed by atoms with van der Waals surface area (Å²) in [6.07, 6.45) is 1.40. The number of thiophene rings is 1. The van der Waals surface area contributed by atoms with E-state index in [1.54, 1.807) is 6.07 Å². The summed E-state index contributed by atoms with van der Waals surface area (Å²) in [5.74, 6) is -0.319. The van der Waals surface area contributed by atoms with Crippen molar-refractivity contribution in [1.29, 1.82) is 0 Å². The van der Waals surface area contributed by atoms with Gasteiger partial charge in [-0.25, -0.2) is 9.97 Å². The number of hydrogen-bond donors (Lipinski definition) is 1. The van der Waals surface area contributed by atoms with Gasteiger partial charge in [0.25, 0.3) is 5.56 Å². The first-order valence-corrected chi connectivity index (χ1v) is 10.1. The van der Waals surface area contributed by atoms with Gasteiger partial charge in [0.1, 0.15) is 11.4 Å². The Hall–Kier alpha value is -2.36. The number of carbonyl (C=O) groups excluding carboxylic acids is 1. The van der Waals surface area contributed by atoms with Crippen LogP contribution in [-0.2, 0) is 11.3 Å². The SMILES string of the molecule is O=C(Cn1cnc2sccc2c1=O)Nc1nc(-c2ccc(Br)cc2)cs1. The topological polar surface area (TPSA) is 76.9 Å². The van der Waals surface area contributed by atoms with Gasteiger partial charge >= 0.3 is 0 Å². The fourth-order valence-electron chi connectivity index (χ4n) is 2.40. The number of carbonyl (C=O) groups is 1. The monoisotopic (exact) mass is 446 g/mol. The molecule has 26 heavy (non-hydrogen) atoms. The van der Waals surface area contributed by atoms with Crippen LogP contribution in [0.3, 0.4) is 0 Å². The summed E-state index contributed by atoms with van der Waals surface area (Å²) in [6.45, 7) is -0.106. The zero-order chi connectivity index (χ0) is 18.1. The van der Waals surface area contributed by atoms with E-state index in [1.165, 1.54) is 33.6 Å². The van der Waals surface area contributed by atoms with Gasteiger partial charge in [-0.3, -0.25) is 14.2 Å². The number of amides is 1. The fourth-order valence-corrected chi connectivity index (χ4v) is 4.13. The summed E-state index contributed by atoms with van der Waals surface area (Å²) in [5, 5.41) is 7.44. The molecule has 0 fully saturated rings. The van der Waals surface area contributed by atoms with Crippen LogP contribution < -0.4 is 10.9 Å². The molecule has 0 atom stereocenters. The highest BCUT2D eigenvalue weighted by Gasteiger charge is 2.11. The van der Waals surface area contributed by atoms with Crippen molar-refractivity contribution >= 4 is 59.9 Å². The average Bonchev–Trinajstić information content (AvgIpc) is 3.28. The number of thiazole rings is 1. The second-order valence-corrected chi connectivity index (χ2v) is 8.08. The van der Waals surface area contributed by atoms with Crippen LogP contribution in [-0.4, -0.2) is 20.4 Å². The molecule has 130 valence electrons. The van der Waals surface area contributed by atoms with Gasteiger partial charge < -0.3 is 5.32 Å². The van der Waals surface area contributed by atoms with E-state index in [4.69, 9.17) is 0 Å². The summed E-state index contributed by atoms with van der Waals surface area (Å²) in [6, 6.07) is 9.49. The van der Waals surface area contributed by atoms with Gasteiger partial charge in [-0.15, -0.1) is 22.7 Å². The first-order valence-electron chi connectivity index (χ1n) is 7.54. The van der Waals surface area contributed by atoms with E-state index >= 15 is 0 Å². The minimum atomic E-state index is -0.319. The van der Waals surface area contributed by atoms with Crippen molar-refractivity contribution < 1.29 is 4.79 Å². The lowest BCUT2D eigenvalue weighted by atomic mass is 10.2. The summed E-state index contributed by atoms with van der Waals surface area (Å²) >= 11 is 6.13. The molecule has 1 amide bonds. The number of halogens is 1. The fraction of sp³-hybridized carbons (Fsp3) is 0.0588. The molecule has 3 heterocycles. The second-order valence-electron chi connectivity index (χ2n) is 5.41. The number of nitrogens with zero attached hydrogens (tertiary/aromatic N) is 3. The Morgan fingerprint density at radius 3 is 2.81 bits per heavy atom. The largest absolute Gasteiger partial charge is 0.300 e. The van der Waals surface area contributed by atoms with Crippen LogP contribution >= 0.6 is 38.6 Å². The van der Waals surface area contributed by atoms with Crippen molar-refractivity contribution in [1.82, 2.24) is 14.5 Å². The Kier molecular flexibility index (Phi) is 4.66. The molecular formula is C17H11BrN4O2S2. The van der Waals surface area contributed by atoms with Crippen molar-refractivity contribution in [3.05, 3.63) is 62.2 Å². The van der Waals surface area contributed by atoms with E-state index in [0.717, 1.165) is 15.7 Å². The Bertz CT molecular complexity index is 1150. The van der Waals surface area contributed by atoms with Gasteiger partial charge in [-0.1, -0.05) is 28.1 Å². The molecule has 4 aromatic rings. The predicted molar refractivity (Wildman–Crippen MR) is 108 cm³/mol. The second kappa shape index (κ2) is 7.10. The molecule has 0 unspecified atom stereocenters. The number of fused-ring (bicyclic) bond motifs is 1. The van der Waals surface area contributed by atoms with Gasteiger partial charge in [0, 0.05) is 15.4 Å². The molecule has 0 spiro atoms. The van der Waals surface area contributed by atoms with E-state index in [2.05, 4.69) is 31.2 Å². The maximum Gasteiger partial charge on any atom is 0.262 e. The lowest BCUT2D eigenvalue weighted by Gasteiger charge is -2.05. The van der Waals surface area contributed by atoms with Crippen LogP contribution in [0, 0.1) is 0 Å². The maximum atomic E-state index is 12.3. The molecule has 0 saturated heterocycles. The molecule has 1 aromatic carbocycles. The summed E-state index contributed by atoms with van der Waals surface area (Å²) in [7, 11) is 0. The molecule has 0 bridgehead atoms. The van der Waals surface area contributed by atoms with Crippen molar-refractivity contribution in [3.8, 4) is 11.3 Å². The molecule has 0 aliphatic rings. The zero-order valence-electron chi connectivity index (χ0n) is 13.2. The van der Waals surface area contributed by atoms with E-state index in [9.17, 15) is 9.59 Å². The Labute approximate surface area is 164 Å². The third-order valence-electron chi connectivity index (χ3n) is 3.65. The zero-order valence-corrected chi connectivity index (χ0v) is 16.4.